The van der Waals surface area contributed by atoms with E-state index < -0.39 is 10.0 Å². The van der Waals surface area contributed by atoms with Crippen molar-refractivity contribution < 1.29 is 13.2 Å². The molecular weight excluding hydrogens is 424 g/mol. The average Bonchev–Trinajstić information content (AvgIpc) is 3.10. The Hall–Kier alpha value is -2.97. The molecule has 3 aromatic rings. The van der Waals surface area contributed by atoms with E-state index in [4.69, 9.17) is 0 Å². The van der Waals surface area contributed by atoms with Gasteiger partial charge < -0.3 is 9.47 Å². The Balaban J connectivity index is 1.47. The van der Waals surface area contributed by atoms with Crippen LogP contribution in [0, 0.1) is 0 Å². The predicted molar refractivity (Wildman–Crippen MR) is 123 cm³/mol. The smallest absolute Gasteiger partial charge is 0.262 e. The van der Waals surface area contributed by atoms with E-state index in [2.05, 4.69) is 29.2 Å². The fourth-order valence-electron chi connectivity index (χ4n) is 4.14. The van der Waals surface area contributed by atoms with Crippen molar-refractivity contribution in [3.05, 3.63) is 84.3 Å². The molecule has 1 fully saturated rings. The van der Waals surface area contributed by atoms with E-state index in [1.165, 1.54) is 16.8 Å². The maximum Gasteiger partial charge on any atom is 0.262 e. The largest absolute Gasteiger partial charge is 0.341 e. The van der Waals surface area contributed by atoms with Crippen molar-refractivity contribution >= 4 is 15.9 Å². The zero-order chi connectivity index (χ0) is 22.6. The summed E-state index contributed by atoms with van der Waals surface area (Å²) in [5.74, 6) is 0.00120. The minimum atomic E-state index is -3.66. The molecule has 0 saturated carbocycles. The van der Waals surface area contributed by atoms with Crippen LogP contribution >= 0.6 is 0 Å². The second-order valence-electron chi connectivity index (χ2n) is 8.09. The van der Waals surface area contributed by atoms with Gasteiger partial charge in [0.15, 0.2) is 5.03 Å². The molecule has 7 nitrogen and oxygen atoms in total. The van der Waals surface area contributed by atoms with Crippen molar-refractivity contribution in [2.75, 3.05) is 26.2 Å². The lowest BCUT2D eigenvalue weighted by molar-refractivity contribution is -0.131. The molecular formula is C24H28N4O3S. The standard InChI is InChI=1S/C24H28N4O3S/c1-26-18-23(25-19-26)32(30,31)28-14-8-13-27(15-16-28)24(29)17-22(20-9-4-2-5-10-20)21-11-6-3-7-12-21/h2-7,9-12,18-19,22H,8,13-17H2,1H3. The first-order valence-corrected chi connectivity index (χ1v) is 12.2. The normalized spacial score (nSPS) is 15.6. The van der Waals surface area contributed by atoms with Crippen LogP contribution in [0.15, 0.2) is 78.2 Å². The maximum atomic E-state index is 13.3. The van der Waals surface area contributed by atoms with E-state index in [9.17, 15) is 13.2 Å². The first-order chi connectivity index (χ1) is 15.4. The summed E-state index contributed by atoms with van der Waals surface area (Å²) in [5.41, 5.74) is 2.20. The number of aryl methyl sites for hydroxylation is 1. The summed E-state index contributed by atoms with van der Waals surface area (Å²) < 4.78 is 28.9. The van der Waals surface area contributed by atoms with E-state index in [1.807, 2.05) is 36.4 Å². The number of amides is 1. The van der Waals surface area contributed by atoms with Crippen LogP contribution in [0.3, 0.4) is 0 Å². The Morgan fingerprint density at radius 2 is 1.56 bits per heavy atom. The molecule has 1 saturated heterocycles. The molecule has 0 radical (unpaired) electrons. The van der Waals surface area contributed by atoms with Crippen LogP contribution in [0.1, 0.15) is 29.9 Å². The third-order valence-electron chi connectivity index (χ3n) is 5.88. The molecule has 0 unspecified atom stereocenters. The molecule has 8 heteroatoms. The summed E-state index contributed by atoms with van der Waals surface area (Å²) in [6.45, 7) is 1.57. The summed E-state index contributed by atoms with van der Waals surface area (Å²) in [4.78, 5) is 19.1. The minimum absolute atomic E-state index is 0.0403. The third kappa shape index (κ3) is 4.92. The summed E-state index contributed by atoms with van der Waals surface area (Å²) in [6, 6.07) is 20.1. The molecule has 2 heterocycles. The summed E-state index contributed by atoms with van der Waals surface area (Å²) >= 11 is 0. The maximum absolute atomic E-state index is 13.3. The molecule has 1 aromatic heterocycles. The number of nitrogens with zero attached hydrogens (tertiary/aromatic N) is 4. The molecule has 1 amide bonds. The number of rotatable bonds is 6. The first-order valence-electron chi connectivity index (χ1n) is 10.8. The van der Waals surface area contributed by atoms with Gasteiger partial charge in [0.1, 0.15) is 0 Å². The molecule has 0 atom stereocenters. The van der Waals surface area contributed by atoms with Gasteiger partial charge in [-0.2, -0.15) is 4.31 Å². The van der Waals surface area contributed by atoms with Gasteiger partial charge in [0.2, 0.25) is 5.91 Å². The SMILES string of the molecule is Cn1cnc(S(=O)(=O)N2CCCN(C(=O)CC(c3ccccc3)c3ccccc3)CC2)c1. The highest BCUT2D eigenvalue weighted by atomic mass is 32.2. The predicted octanol–water partition coefficient (Wildman–Crippen LogP) is 2.87. The lowest BCUT2D eigenvalue weighted by atomic mass is 9.88. The number of hydrogen-bond donors (Lipinski definition) is 0. The summed E-state index contributed by atoms with van der Waals surface area (Å²) in [6.07, 6.45) is 3.93. The van der Waals surface area contributed by atoms with Crippen molar-refractivity contribution in [1.29, 1.82) is 0 Å². The van der Waals surface area contributed by atoms with Crippen LogP contribution in [0.5, 0.6) is 0 Å². The van der Waals surface area contributed by atoms with Gasteiger partial charge in [0, 0.05) is 51.8 Å². The van der Waals surface area contributed by atoms with Crippen molar-refractivity contribution in [1.82, 2.24) is 18.8 Å². The van der Waals surface area contributed by atoms with Crippen molar-refractivity contribution in [3.63, 3.8) is 0 Å². The van der Waals surface area contributed by atoms with Crippen molar-refractivity contribution in [3.8, 4) is 0 Å². The average molecular weight is 453 g/mol. The molecule has 0 spiro atoms. The van der Waals surface area contributed by atoms with E-state index in [0.717, 1.165) is 11.1 Å². The zero-order valence-electron chi connectivity index (χ0n) is 18.2. The molecule has 32 heavy (non-hydrogen) atoms. The lowest BCUT2D eigenvalue weighted by Crippen LogP contribution is -2.38. The van der Waals surface area contributed by atoms with Crippen LogP contribution in [0.4, 0.5) is 0 Å². The lowest BCUT2D eigenvalue weighted by Gasteiger charge is -2.25. The Labute approximate surface area is 189 Å². The molecule has 0 bridgehead atoms. The molecule has 1 aliphatic rings. The first kappa shape index (κ1) is 22.2. The molecule has 0 N–H and O–H groups in total. The highest BCUT2D eigenvalue weighted by Crippen LogP contribution is 2.29. The molecule has 168 valence electrons. The van der Waals surface area contributed by atoms with Crippen LogP contribution in [-0.4, -0.2) is 59.3 Å². The molecule has 1 aliphatic heterocycles. The van der Waals surface area contributed by atoms with Crippen LogP contribution in [-0.2, 0) is 21.9 Å². The second kappa shape index (κ2) is 9.67. The summed E-state index contributed by atoms with van der Waals surface area (Å²) in [5, 5.41) is 0.0491. The van der Waals surface area contributed by atoms with Crippen LogP contribution < -0.4 is 0 Å². The van der Waals surface area contributed by atoms with Gasteiger partial charge in [-0.25, -0.2) is 13.4 Å². The molecule has 0 aliphatic carbocycles. The van der Waals surface area contributed by atoms with Gasteiger partial charge >= 0.3 is 0 Å². The van der Waals surface area contributed by atoms with Gasteiger partial charge in [0.05, 0.1) is 6.33 Å². The minimum Gasteiger partial charge on any atom is -0.341 e. The number of carbonyl (C=O) groups excluding carboxylic acids is 1. The number of imidazole rings is 1. The Bertz CT molecular complexity index is 1110. The summed E-state index contributed by atoms with van der Waals surface area (Å²) in [7, 11) is -1.92. The van der Waals surface area contributed by atoms with Gasteiger partial charge in [-0.1, -0.05) is 60.7 Å². The van der Waals surface area contributed by atoms with Crippen molar-refractivity contribution in [2.24, 2.45) is 7.05 Å². The van der Waals surface area contributed by atoms with Gasteiger partial charge in [-0.15, -0.1) is 0 Å². The number of hydrogen-bond acceptors (Lipinski definition) is 4. The van der Waals surface area contributed by atoms with Gasteiger partial charge in [0.25, 0.3) is 10.0 Å². The third-order valence-corrected chi connectivity index (χ3v) is 7.66. The number of aromatic nitrogens is 2. The number of benzene rings is 2. The second-order valence-corrected chi connectivity index (χ2v) is 9.98. The Kier molecular flexibility index (Phi) is 6.72. The fourth-order valence-corrected chi connectivity index (χ4v) is 5.58. The number of sulfonamides is 1. The van der Waals surface area contributed by atoms with E-state index in [1.54, 1.807) is 16.5 Å². The highest BCUT2D eigenvalue weighted by Gasteiger charge is 2.30. The van der Waals surface area contributed by atoms with E-state index >= 15 is 0 Å². The van der Waals surface area contributed by atoms with E-state index in [0.29, 0.717) is 32.5 Å². The quantitative estimate of drug-likeness (QED) is 0.576. The van der Waals surface area contributed by atoms with Crippen LogP contribution in [0.25, 0.3) is 0 Å². The fraction of sp³-hybridized carbons (Fsp3) is 0.333. The van der Waals surface area contributed by atoms with E-state index in [-0.39, 0.29) is 23.4 Å². The van der Waals surface area contributed by atoms with Gasteiger partial charge in [-0.05, 0) is 17.5 Å². The Morgan fingerprint density at radius 1 is 0.938 bits per heavy atom. The van der Waals surface area contributed by atoms with Crippen LogP contribution in [0.2, 0.25) is 0 Å². The van der Waals surface area contributed by atoms with Gasteiger partial charge in [-0.3, -0.25) is 4.79 Å². The highest BCUT2D eigenvalue weighted by molar-refractivity contribution is 7.89. The Morgan fingerprint density at radius 3 is 2.12 bits per heavy atom. The topological polar surface area (TPSA) is 75.5 Å². The zero-order valence-corrected chi connectivity index (χ0v) is 19.0. The molecule has 4 rings (SSSR count). The molecule has 2 aromatic carbocycles. The van der Waals surface area contributed by atoms with Crippen molar-refractivity contribution in [2.45, 2.75) is 23.8 Å². The number of carbonyl (C=O) groups is 1. The monoisotopic (exact) mass is 452 g/mol.